The maximum absolute atomic E-state index is 13.3. The summed E-state index contributed by atoms with van der Waals surface area (Å²) in [5.74, 6) is -2.78. The molecule has 9 N–H and O–H groups in total. The summed E-state index contributed by atoms with van der Waals surface area (Å²) in [6.45, 7) is 2.12. The number of aromatic nitrogens is 4. The molecule has 4 aliphatic rings. The second-order valence-corrected chi connectivity index (χ2v) is 20.1. The molecular weight excluding hydrogens is 1050 g/mol. The number of guanidine groups is 1. The Kier molecular flexibility index (Phi) is 17.1. The quantitative estimate of drug-likeness (QED) is 0.0211. The van der Waals surface area contributed by atoms with E-state index in [0.717, 1.165) is 32.9 Å². The van der Waals surface area contributed by atoms with Crippen molar-refractivity contribution in [2.24, 2.45) is 22.2 Å². The summed E-state index contributed by atoms with van der Waals surface area (Å²) in [6.07, 6.45) is 0.952. The van der Waals surface area contributed by atoms with Crippen LogP contribution in [-0.4, -0.2) is 83.8 Å². The first-order valence-corrected chi connectivity index (χ1v) is 26.4. The largest absolute Gasteiger partial charge is 0.756 e. The van der Waals surface area contributed by atoms with Crippen LogP contribution < -0.4 is 38.3 Å². The van der Waals surface area contributed by atoms with Gasteiger partial charge >= 0.3 is 19.8 Å². The number of aliphatic carboxylic acids is 1. The summed E-state index contributed by atoms with van der Waals surface area (Å²) in [5, 5.41) is 12.0. The van der Waals surface area contributed by atoms with E-state index in [9.17, 15) is 43.1 Å². The molecule has 0 bridgehead atoms. The minimum absolute atomic E-state index is 0. The number of ether oxygens (including phenoxy) is 4. The number of hydrogen-bond acceptors (Lipinski definition) is 19. The molecule has 8 heterocycles. The maximum Gasteiger partial charge on any atom is 0.471 e. The number of esters is 2. The van der Waals surface area contributed by atoms with Gasteiger partial charge in [0.15, 0.2) is 30.7 Å². The minimum Gasteiger partial charge on any atom is -0.756 e. The summed E-state index contributed by atoms with van der Waals surface area (Å²) >= 11 is 0. The maximum atomic E-state index is 13.3. The third-order valence-electron chi connectivity index (χ3n) is 13.1. The van der Waals surface area contributed by atoms with Gasteiger partial charge in [-0.05, 0) is 62.1 Å². The fourth-order valence-electron chi connectivity index (χ4n) is 9.33. The Bertz CT molecular complexity index is 3350. The molecule has 4 aliphatic heterocycles. The summed E-state index contributed by atoms with van der Waals surface area (Å²) in [5.41, 5.74) is 17.8. The van der Waals surface area contributed by atoms with E-state index in [1.165, 1.54) is 0 Å². The second-order valence-electron chi connectivity index (χ2n) is 17.6. The number of phosphoric ester groups is 2. The molecule has 0 spiro atoms. The number of aliphatic imine (C=N–C) groups is 1. The minimum atomic E-state index is -5.07. The smallest absolute Gasteiger partial charge is 0.471 e. The predicted octanol–water partition coefficient (Wildman–Crippen LogP) is 1.46. The van der Waals surface area contributed by atoms with Gasteiger partial charge in [-0.1, -0.05) is 57.7 Å². The summed E-state index contributed by atoms with van der Waals surface area (Å²) in [4.78, 5) is 113. The highest BCUT2D eigenvalue weighted by atomic mass is 31.2. The molecule has 2 unspecified atom stereocenters. The fraction of sp³-hybridized carbons (Fsp3) is 0.347. The van der Waals surface area contributed by atoms with Gasteiger partial charge in [-0.3, -0.25) is 28.2 Å². The van der Waals surface area contributed by atoms with Gasteiger partial charge in [0.05, 0.1) is 64.0 Å². The lowest BCUT2D eigenvalue weighted by Gasteiger charge is -2.36. The van der Waals surface area contributed by atoms with Crippen molar-refractivity contribution < 1.29 is 76.2 Å². The lowest BCUT2D eigenvalue weighted by Crippen LogP contribution is -2.46. The molecule has 0 radical (unpaired) electrons. The summed E-state index contributed by atoms with van der Waals surface area (Å²) < 4.78 is 55.3. The molecule has 2 aromatic carbocycles. The van der Waals surface area contributed by atoms with Crippen LogP contribution in [0.2, 0.25) is 0 Å². The first-order valence-electron chi connectivity index (χ1n) is 23.4. The van der Waals surface area contributed by atoms with E-state index in [2.05, 4.69) is 14.0 Å². The first kappa shape index (κ1) is 57.6. The van der Waals surface area contributed by atoms with Crippen molar-refractivity contribution in [2.75, 3.05) is 20.1 Å². The van der Waals surface area contributed by atoms with E-state index in [-0.39, 0.29) is 67.3 Å². The Labute approximate surface area is 437 Å². The normalized spacial score (nSPS) is 18.6. The standard InChI is InChI=1S/2C21H19N2O8P.C6H14N4O2.CH4/c2*1-2-21(30-11-31-32(26,27)28)15-8-17-18-13(7-12-5-3-4-6-16(12)22-18)9-23(17)19(24)14(15)10-29-20(21)25;7-4(5(11)12)2-1-3-10-6(8)9;/h2*3-8H,2,9-11H2,1H3,(H2,26,27,28);4H,1-3,7H2,(H,11,12)(H4,8,9,10);1H4/p-2/t2*21-;;/m00../s1. The van der Waals surface area contributed by atoms with Crippen molar-refractivity contribution in [3.8, 4) is 22.8 Å². The van der Waals surface area contributed by atoms with Crippen molar-refractivity contribution >= 4 is 61.3 Å². The van der Waals surface area contributed by atoms with Gasteiger partial charge in [-0.2, -0.15) is 0 Å². The molecule has 4 aromatic heterocycles. The van der Waals surface area contributed by atoms with Crippen LogP contribution in [0.1, 0.15) is 80.3 Å². The third kappa shape index (κ3) is 11.8. The number of carbonyl (C=O) groups excluding carboxylic acids is 3. The first-order chi connectivity index (χ1) is 36.0. The van der Waals surface area contributed by atoms with E-state index in [0.29, 0.717) is 60.8 Å². The van der Waals surface area contributed by atoms with Gasteiger partial charge in [0, 0.05) is 45.6 Å². The fourth-order valence-corrected chi connectivity index (χ4v) is 9.71. The molecule has 0 amide bonds. The lowest BCUT2D eigenvalue weighted by molar-refractivity contribution is -0.307. The molecule has 28 heteroatoms. The number of cyclic esters (lactones) is 2. The van der Waals surface area contributed by atoms with Gasteiger partial charge in [-0.25, -0.2) is 24.1 Å². The average molecular weight is 1100 g/mol. The zero-order valence-corrected chi connectivity index (χ0v) is 42.4. The van der Waals surface area contributed by atoms with Crippen molar-refractivity contribution in [3.05, 3.63) is 127 Å². The zero-order chi connectivity index (χ0) is 54.9. The number of phosphoric acid groups is 2. The number of carboxylic acids is 1. The van der Waals surface area contributed by atoms with Crippen molar-refractivity contribution in [3.63, 3.8) is 0 Å². The predicted molar refractivity (Wildman–Crippen MR) is 270 cm³/mol. The van der Waals surface area contributed by atoms with Crippen LogP contribution in [0.3, 0.4) is 0 Å². The van der Waals surface area contributed by atoms with E-state index in [4.69, 9.17) is 60.8 Å². The molecule has 10 rings (SSSR count). The number of fused-ring (bicyclic) bond motifs is 10. The number of rotatable bonds is 15. The highest BCUT2D eigenvalue weighted by molar-refractivity contribution is 7.46. The monoisotopic (exact) mass is 1100 g/mol. The second kappa shape index (κ2) is 22.9. The average Bonchev–Trinajstić information content (AvgIpc) is 3.92. The molecule has 0 saturated heterocycles. The van der Waals surface area contributed by atoms with E-state index < -0.39 is 64.4 Å². The number of carboxylic acid groups (broad SMARTS) is 1. The number of nitrogens with zero attached hydrogens (tertiary/aromatic N) is 5. The SMILES string of the molecule is C.CC[C@@]1(OCOP(=O)(O)O)C(=O)OCc2c1cc1n(c2=O)Cc2cc3ccccc3nc2-1.CC[C@@]1(OCOP(=O)([O-])O)C(=O)OCc2c1cc1n(c2=O)Cc2cc3ccccc3nc2-1.NC(N)=NCCCC(N)C(=O)[O-]. The number of benzene rings is 2. The topological polar surface area (TPSA) is 408 Å². The van der Waals surface area contributed by atoms with Crippen molar-refractivity contribution in [1.29, 1.82) is 0 Å². The van der Waals surface area contributed by atoms with Gasteiger partial charge in [0.25, 0.3) is 18.9 Å². The Hall–Kier alpha value is -7.06. The summed E-state index contributed by atoms with van der Waals surface area (Å²) in [7, 11) is -9.89. The number of carbonyl (C=O) groups is 3. The van der Waals surface area contributed by atoms with Gasteiger partial charge in [-0.15, -0.1) is 0 Å². The van der Waals surface area contributed by atoms with Crippen LogP contribution in [0.4, 0.5) is 0 Å². The van der Waals surface area contributed by atoms with Crippen LogP contribution in [0.25, 0.3) is 44.6 Å². The van der Waals surface area contributed by atoms with Crippen LogP contribution >= 0.6 is 15.6 Å². The molecule has 77 heavy (non-hydrogen) atoms. The molecule has 410 valence electrons. The Balaban J connectivity index is 0.000000184. The van der Waals surface area contributed by atoms with Crippen LogP contribution in [0.5, 0.6) is 0 Å². The Morgan fingerprint density at radius 3 is 1.61 bits per heavy atom. The molecule has 0 aliphatic carbocycles. The molecule has 26 nitrogen and oxygen atoms in total. The van der Waals surface area contributed by atoms with Crippen LogP contribution in [-0.2, 0) is 89.0 Å². The Morgan fingerprint density at radius 2 is 1.21 bits per heavy atom. The van der Waals surface area contributed by atoms with Gasteiger partial charge < -0.3 is 74.8 Å². The zero-order valence-electron chi connectivity index (χ0n) is 40.6. The number of nitrogens with two attached hydrogens (primary N) is 3. The number of para-hydroxylation sites is 2. The van der Waals surface area contributed by atoms with Crippen LogP contribution in [0.15, 0.2) is 87.4 Å². The van der Waals surface area contributed by atoms with Crippen LogP contribution in [0, 0.1) is 0 Å². The molecular formula is C49H54N8O18P2-2. The van der Waals surface area contributed by atoms with Crippen molar-refractivity contribution in [2.45, 2.75) is 90.5 Å². The molecule has 6 aromatic rings. The van der Waals surface area contributed by atoms with Gasteiger partial charge in [0.1, 0.15) is 13.2 Å². The Morgan fingerprint density at radius 1 is 0.766 bits per heavy atom. The third-order valence-corrected chi connectivity index (χ3v) is 14.0. The highest BCUT2D eigenvalue weighted by Crippen LogP contribution is 2.44. The lowest BCUT2D eigenvalue weighted by atomic mass is 9.85. The van der Waals surface area contributed by atoms with E-state index >= 15 is 0 Å². The number of pyridine rings is 4. The van der Waals surface area contributed by atoms with E-state index in [1.54, 1.807) is 35.1 Å². The van der Waals surface area contributed by atoms with Gasteiger partial charge in [0.2, 0.25) is 0 Å². The summed E-state index contributed by atoms with van der Waals surface area (Å²) in [6, 6.07) is 21.6. The highest BCUT2D eigenvalue weighted by Gasteiger charge is 2.50. The molecule has 0 saturated carbocycles. The molecule has 0 fully saturated rings. The number of hydrogen-bond donors (Lipinski definition) is 6. The van der Waals surface area contributed by atoms with E-state index in [1.807, 2.05) is 60.7 Å². The van der Waals surface area contributed by atoms with Crippen molar-refractivity contribution in [1.82, 2.24) is 19.1 Å². The molecule has 4 atom stereocenters.